The molecule has 0 rings (SSSR count). The lowest BCUT2D eigenvalue weighted by Gasteiger charge is -2.32. The van der Waals surface area contributed by atoms with Crippen LogP contribution in [0.15, 0.2) is 0 Å². The number of carboxylic acids is 2. The molecule has 11 heteroatoms. The van der Waals surface area contributed by atoms with Gasteiger partial charge < -0.3 is 21.1 Å². The maximum Gasteiger partial charge on any atom is 0.399 e. The van der Waals surface area contributed by atoms with E-state index in [9.17, 15) is 33.3 Å². The summed E-state index contributed by atoms with van der Waals surface area (Å²) in [6.07, 6.45) is 33.3. The highest BCUT2D eigenvalue weighted by Gasteiger charge is 2.39. The van der Waals surface area contributed by atoms with Gasteiger partial charge in [-0.05, 0) is 32.7 Å². The summed E-state index contributed by atoms with van der Waals surface area (Å²) in [7, 11) is -1.97. The second-order valence-corrected chi connectivity index (χ2v) is 16.7. The van der Waals surface area contributed by atoms with Crippen molar-refractivity contribution in [2.24, 2.45) is 17.6 Å². The normalized spacial score (nSPS) is 13.9. The van der Waals surface area contributed by atoms with Crippen LogP contribution in [0.25, 0.3) is 0 Å². The highest BCUT2D eigenvalue weighted by Crippen LogP contribution is 2.32. The van der Waals surface area contributed by atoms with E-state index in [2.05, 4.69) is 23.8 Å². The van der Waals surface area contributed by atoms with Crippen molar-refractivity contribution in [1.82, 2.24) is 0 Å². The summed E-state index contributed by atoms with van der Waals surface area (Å²) in [4.78, 5) is 24.5. The maximum atomic E-state index is 12.2. The number of hydrogen-bond donors (Lipinski definition) is 4. The summed E-state index contributed by atoms with van der Waals surface area (Å²) in [5.41, 5.74) is 2.55. The summed E-state index contributed by atoms with van der Waals surface area (Å²) in [5, 5.41) is 31.5. The molecule has 0 amide bonds. The van der Waals surface area contributed by atoms with Crippen LogP contribution in [0.2, 0.25) is 0 Å². The third-order valence-electron chi connectivity index (χ3n) is 10.4. The van der Waals surface area contributed by atoms with E-state index >= 15 is 0 Å². The quantitative estimate of drug-likeness (QED) is 0.0438. The number of aliphatic carboxylic acids is 2. The zero-order chi connectivity index (χ0) is 40.1. The molecule has 0 saturated carbocycles. The first-order chi connectivity index (χ1) is 25.5. The highest BCUT2D eigenvalue weighted by molar-refractivity contribution is 7.81. The van der Waals surface area contributed by atoms with E-state index in [0.717, 1.165) is 45.6 Å². The lowest BCUT2D eigenvalue weighted by molar-refractivity contribution is -0.148. The minimum Gasteiger partial charge on any atom is -0.481 e. The monoisotopic (exact) mass is 780 g/mol. The molecule has 0 saturated heterocycles. The zero-order valence-corrected chi connectivity index (χ0v) is 35.6. The Hall–Kier alpha value is -1.27. The first kappa shape index (κ1) is 53.8. The molecule has 0 aliphatic heterocycles. The van der Waals surface area contributed by atoms with Gasteiger partial charge >= 0.3 is 22.3 Å². The molecule has 0 aliphatic carbocycles. The van der Waals surface area contributed by atoms with Crippen LogP contribution in [0.4, 0.5) is 0 Å². The van der Waals surface area contributed by atoms with Crippen LogP contribution in [-0.4, -0.2) is 62.0 Å². The number of nitrogens with two attached hydrogens (primary N) is 1. The molecule has 2 unspecified atom stereocenters. The SMILES string of the molecule is CCCCCCCCCCCCCCCCC(CC(O)(COS(=O)(=O)OC)CC(CCCCCCCCCCCCCCCC)C(=O)O)C(=O)O.CN. The van der Waals surface area contributed by atoms with Gasteiger partial charge in [-0.25, -0.2) is 4.18 Å². The van der Waals surface area contributed by atoms with E-state index < -0.39 is 46.4 Å². The Morgan fingerprint density at radius 2 is 0.774 bits per heavy atom. The fourth-order valence-corrected chi connectivity index (χ4v) is 7.60. The van der Waals surface area contributed by atoms with Crippen molar-refractivity contribution in [3.63, 3.8) is 0 Å². The van der Waals surface area contributed by atoms with Crippen LogP contribution in [-0.2, 0) is 28.4 Å². The van der Waals surface area contributed by atoms with Crippen molar-refractivity contribution in [3.8, 4) is 0 Å². The smallest absolute Gasteiger partial charge is 0.399 e. The topological polar surface area (TPSA) is 173 Å². The van der Waals surface area contributed by atoms with E-state index in [0.29, 0.717) is 25.7 Å². The summed E-state index contributed by atoms with van der Waals surface area (Å²) < 4.78 is 33.1. The van der Waals surface area contributed by atoms with E-state index in [1.54, 1.807) is 0 Å². The van der Waals surface area contributed by atoms with Gasteiger partial charge in [0.1, 0.15) is 0 Å². The molecule has 53 heavy (non-hydrogen) atoms. The lowest BCUT2D eigenvalue weighted by atomic mass is 9.80. The Bertz CT molecular complexity index is 880. The second kappa shape index (κ2) is 37.6. The Kier molecular flexibility index (Phi) is 38.2. The number of unbranched alkanes of at least 4 members (excludes halogenated alkanes) is 26. The van der Waals surface area contributed by atoms with Crippen molar-refractivity contribution in [1.29, 1.82) is 0 Å². The summed E-state index contributed by atoms with van der Waals surface area (Å²) >= 11 is 0. The average molecular weight is 780 g/mol. The molecule has 0 heterocycles. The predicted octanol–water partition coefficient (Wildman–Crippen LogP) is 11.1. The number of hydrogen-bond acceptors (Lipinski definition) is 8. The number of rotatable bonds is 40. The van der Waals surface area contributed by atoms with Gasteiger partial charge in [-0.15, -0.1) is 0 Å². The van der Waals surface area contributed by atoms with E-state index in [4.69, 9.17) is 4.18 Å². The van der Waals surface area contributed by atoms with Crippen LogP contribution in [0.1, 0.15) is 219 Å². The zero-order valence-electron chi connectivity index (χ0n) is 34.8. The Balaban J connectivity index is 0. The van der Waals surface area contributed by atoms with Crippen LogP contribution < -0.4 is 5.73 Å². The van der Waals surface area contributed by atoms with E-state index in [-0.39, 0.29) is 12.8 Å². The fourth-order valence-electron chi connectivity index (χ4n) is 7.14. The number of carbonyl (C=O) groups is 2. The number of carboxylic acid groups (broad SMARTS) is 2. The molecule has 2 atom stereocenters. The van der Waals surface area contributed by atoms with Crippen molar-refractivity contribution >= 4 is 22.3 Å². The van der Waals surface area contributed by atoms with Crippen molar-refractivity contribution in [2.75, 3.05) is 20.8 Å². The van der Waals surface area contributed by atoms with Crippen molar-refractivity contribution < 1.29 is 41.7 Å². The number of aliphatic hydroxyl groups is 1. The van der Waals surface area contributed by atoms with Crippen LogP contribution in [0, 0.1) is 11.8 Å². The minimum absolute atomic E-state index is 0.289. The standard InChI is InChI=1S/C41H80O9S.CH5N/c1-4-6-8-10-12-14-16-18-20-22-24-26-28-30-32-37(39(42)43)34-41(46,36-50-51(47,48)49-3)35-38(40(44)45)33-31-29-27-25-23-21-19-17-15-13-11-9-7-5-2;1-2/h37-38,46H,4-36H2,1-3H3,(H,42,43)(H,44,45);2H2,1H3. The van der Waals surface area contributed by atoms with Gasteiger partial charge in [-0.3, -0.25) is 13.8 Å². The Morgan fingerprint density at radius 1 is 0.528 bits per heavy atom. The molecule has 0 aromatic rings. The van der Waals surface area contributed by atoms with Crippen LogP contribution >= 0.6 is 0 Å². The van der Waals surface area contributed by atoms with Gasteiger partial charge in [-0.1, -0.05) is 194 Å². The largest absolute Gasteiger partial charge is 0.481 e. The third kappa shape index (κ3) is 34.9. The lowest BCUT2D eigenvalue weighted by Crippen LogP contribution is -2.42. The van der Waals surface area contributed by atoms with Gasteiger partial charge in [0.2, 0.25) is 0 Å². The van der Waals surface area contributed by atoms with Gasteiger partial charge in [0.25, 0.3) is 0 Å². The van der Waals surface area contributed by atoms with Crippen molar-refractivity contribution in [3.05, 3.63) is 0 Å². The fraction of sp³-hybridized carbons (Fsp3) is 0.952. The second-order valence-electron chi connectivity index (χ2n) is 15.3. The minimum atomic E-state index is -4.40. The molecule has 0 bridgehead atoms. The van der Waals surface area contributed by atoms with Gasteiger partial charge in [0.05, 0.1) is 31.2 Å². The third-order valence-corrected chi connectivity index (χ3v) is 11.3. The molecule has 5 N–H and O–H groups in total. The summed E-state index contributed by atoms with van der Waals surface area (Å²) in [6, 6.07) is 0. The van der Waals surface area contributed by atoms with E-state index in [1.807, 2.05) is 0 Å². The van der Waals surface area contributed by atoms with Crippen LogP contribution in [0.3, 0.4) is 0 Å². The Labute approximate surface area is 326 Å². The molecular weight excluding hydrogens is 695 g/mol. The Morgan fingerprint density at radius 3 is 1.00 bits per heavy atom. The summed E-state index contributed by atoms with van der Waals surface area (Å²) in [6.45, 7) is 3.72. The highest BCUT2D eigenvalue weighted by atomic mass is 32.3. The molecule has 318 valence electrons. The molecule has 10 nitrogen and oxygen atoms in total. The van der Waals surface area contributed by atoms with Gasteiger partial charge in [0, 0.05) is 0 Å². The average Bonchev–Trinajstić information content (AvgIpc) is 3.14. The molecule has 0 radical (unpaired) electrons. The van der Waals surface area contributed by atoms with Gasteiger partial charge in [0.15, 0.2) is 0 Å². The van der Waals surface area contributed by atoms with Gasteiger partial charge in [-0.2, -0.15) is 8.42 Å². The molecule has 0 fully saturated rings. The maximum absolute atomic E-state index is 12.2. The van der Waals surface area contributed by atoms with Crippen molar-refractivity contribution in [2.45, 2.75) is 225 Å². The molecular formula is C42H85NO9S. The predicted molar refractivity (Wildman–Crippen MR) is 218 cm³/mol. The van der Waals surface area contributed by atoms with E-state index in [1.165, 1.54) is 135 Å². The first-order valence-electron chi connectivity index (χ1n) is 21.7. The molecule has 0 aliphatic rings. The molecule has 0 aromatic carbocycles. The van der Waals surface area contributed by atoms with Crippen LogP contribution in [0.5, 0.6) is 0 Å². The summed E-state index contributed by atoms with van der Waals surface area (Å²) in [5.74, 6) is -4.07. The first-order valence-corrected chi connectivity index (χ1v) is 23.0. The molecule has 0 spiro atoms. The molecule has 0 aromatic heterocycles.